The van der Waals surface area contributed by atoms with Crippen molar-refractivity contribution in [1.82, 2.24) is 4.90 Å². The number of hydrogen-bond acceptors (Lipinski definition) is 3. The van der Waals surface area contributed by atoms with Gasteiger partial charge in [-0.25, -0.2) is 4.39 Å². The second-order valence-corrected chi connectivity index (χ2v) is 5.75. The van der Waals surface area contributed by atoms with Gasteiger partial charge in [0, 0.05) is 30.4 Å². The zero-order valence-corrected chi connectivity index (χ0v) is 12.6. The molecule has 0 amide bonds. The van der Waals surface area contributed by atoms with E-state index in [0.717, 1.165) is 38.2 Å². The van der Waals surface area contributed by atoms with Crippen molar-refractivity contribution in [2.75, 3.05) is 31.6 Å². The van der Waals surface area contributed by atoms with Gasteiger partial charge in [0.1, 0.15) is 5.82 Å². The Kier molecular flexibility index (Phi) is 5.00. The zero-order chi connectivity index (χ0) is 14.7. The number of likely N-dealkylation sites (N-methyl/N-ethyl adjacent to an activating group) is 1. The third kappa shape index (κ3) is 3.30. The first-order chi connectivity index (χ1) is 9.52. The number of halogens is 1. The van der Waals surface area contributed by atoms with E-state index in [4.69, 9.17) is 0 Å². The maximum atomic E-state index is 13.5. The summed E-state index contributed by atoms with van der Waals surface area (Å²) in [6.45, 7) is 6.92. The Morgan fingerprint density at radius 3 is 2.80 bits per heavy atom. The van der Waals surface area contributed by atoms with Gasteiger partial charge in [-0.05, 0) is 51.6 Å². The first kappa shape index (κ1) is 15.3. The van der Waals surface area contributed by atoms with Gasteiger partial charge in [0.15, 0.2) is 0 Å². The molecule has 1 unspecified atom stereocenters. The molecule has 3 nitrogen and oxygen atoms in total. The van der Waals surface area contributed by atoms with E-state index in [0.29, 0.717) is 11.6 Å². The SMILES string of the molecule is CCC1CN(C)CCCN1c1ccc(F)cc1[C@@H](C)O. The van der Waals surface area contributed by atoms with Crippen LogP contribution in [0.3, 0.4) is 0 Å². The van der Waals surface area contributed by atoms with Gasteiger partial charge < -0.3 is 14.9 Å². The van der Waals surface area contributed by atoms with Crippen LogP contribution in [-0.2, 0) is 0 Å². The van der Waals surface area contributed by atoms with Crippen LogP contribution in [0.2, 0.25) is 0 Å². The first-order valence-corrected chi connectivity index (χ1v) is 7.45. The highest BCUT2D eigenvalue weighted by molar-refractivity contribution is 5.55. The van der Waals surface area contributed by atoms with E-state index in [1.54, 1.807) is 6.92 Å². The fourth-order valence-electron chi connectivity index (χ4n) is 3.03. The fraction of sp³-hybridized carbons (Fsp3) is 0.625. The number of anilines is 1. The normalized spacial score (nSPS) is 22.6. The van der Waals surface area contributed by atoms with Crippen LogP contribution in [0.5, 0.6) is 0 Å². The molecule has 0 aliphatic carbocycles. The molecule has 1 aromatic carbocycles. The number of hydrogen-bond donors (Lipinski definition) is 1. The first-order valence-electron chi connectivity index (χ1n) is 7.45. The van der Waals surface area contributed by atoms with Crippen molar-refractivity contribution in [3.8, 4) is 0 Å². The lowest BCUT2D eigenvalue weighted by molar-refractivity contribution is 0.199. The van der Waals surface area contributed by atoms with Crippen LogP contribution in [0.25, 0.3) is 0 Å². The van der Waals surface area contributed by atoms with Crippen molar-refractivity contribution in [3.63, 3.8) is 0 Å². The van der Waals surface area contributed by atoms with Gasteiger partial charge in [-0.3, -0.25) is 0 Å². The van der Waals surface area contributed by atoms with Crippen LogP contribution in [0.1, 0.15) is 38.4 Å². The Hall–Kier alpha value is -1.13. The lowest BCUT2D eigenvalue weighted by Gasteiger charge is -2.34. The molecule has 2 rings (SSSR count). The van der Waals surface area contributed by atoms with E-state index >= 15 is 0 Å². The average Bonchev–Trinajstić information content (AvgIpc) is 2.60. The summed E-state index contributed by atoms with van der Waals surface area (Å²) in [6.07, 6.45) is 1.48. The quantitative estimate of drug-likeness (QED) is 0.922. The minimum absolute atomic E-state index is 0.287. The van der Waals surface area contributed by atoms with Crippen molar-refractivity contribution in [1.29, 1.82) is 0 Å². The third-order valence-electron chi connectivity index (χ3n) is 4.12. The van der Waals surface area contributed by atoms with Gasteiger partial charge in [0.25, 0.3) is 0 Å². The van der Waals surface area contributed by atoms with Gasteiger partial charge in [0.05, 0.1) is 6.10 Å². The predicted molar refractivity (Wildman–Crippen MR) is 80.6 cm³/mol. The highest BCUT2D eigenvalue weighted by Gasteiger charge is 2.25. The molecular weight excluding hydrogens is 255 g/mol. The van der Waals surface area contributed by atoms with Gasteiger partial charge in [-0.2, -0.15) is 0 Å². The molecule has 1 heterocycles. The van der Waals surface area contributed by atoms with Gasteiger partial charge >= 0.3 is 0 Å². The highest BCUT2D eigenvalue weighted by Crippen LogP contribution is 2.30. The van der Waals surface area contributed by atoms with E-state index in [1.165, 1.54) is 12.1 Å². The van der Waals surface area contributed by atoms with Gasteiger partial charge in [-0.1, -0.05) is 6.92 Å². The molecule has 20 heavy (non-hydrogen) atoms. The summed E-state index contributed by atoms with van der Waals surface area (Å²) in [7, 11) is 2.15. The van der Waals surface area contributed by atoms with Crippen LogP contribution in [-0.4, -0.2) is 42.7 Å². The van der Waals surface area contributed by atoms with E-state index in [2.05, 4.69) is 23.8 Å². The molecule has 4 heteroatoms. The van der Waals surface area contributed by atoms with Crippen molar-refractivity contribution in [2.45, 2.75) is 38.8 Å². The second-order valence-electron chi connectivity index (χ2n) is 5.75. The maximum Gasteiger partial charge on any atom is 0.123 e. The maximum absolute atomic E-state index is 13.5. The van der Waals surface area contributed by atoms with Crippen LogP contribution >= 0.6 is 0 Å². The number of aliphatic hydroxyl groups is 1. The zero-order valence-electron chi connectivity index (χ0n) is 12.6. The molecule has 0 bridgehead atoms. The molecule has 1 aliphatic heterocycles. The summed E-state index contributed by atoms with van der Waals surface area (Å²) in [5, 5.41) is 9.94. The van der Waals surface area contributed by atoms with Crippen molar-refractivity contribution in [2.24, 2.45) is 0 Å². The van der Waals surface area contributed by atoms with Crippen molar-refractivity contribution >= 4 is 5.69 Å². The van der Waals surface area contributed by atoms with Crippen molar-refractivity contribution < 1.29 is 9.50 Å². The topological polar surface area (TPSA) is 26.7 Å². The molecule has 1 fully saturated rings. The molecule has 112 valence electrons. The fourth-order valence-corrected chi connectivity index (χ4v) is 3.03. The third-order valence-corrected chi connectivity index (χ3v) is 4.12. The van der Waals surface area contributed by atoms with E-state index in [1.807, 2.05) is 6.07 Å². The molecular formula is C16H25FN2O. The number of nitrogens with zero attached hydrogens (tertiary/aromatic N) is 2. The smallest absolute Gasteiger partial charge is 0.123 e. The Morgan fingerprint density at radius 1 is 1.40 bits per heavy atom. The summed E-state index contributed by atoms with van der Waals surface area (Å²) in [5.74, 6) is -0.287. The lowest BCUT2D eigenvalue weighted by Crippen LogP contribution is -2.40. The largest absolute Gasteiger partial charge is 0.389 e. The average molecular weight is 280 g/mol. The Morgan fingerprint density at radius 2 is 2.15 bits per heavy atom. The standard InChI is InChI=1S/C16H25FN2O/c1-4-14-11-18(3)8-5-9-19(14)16-7-6-13(17)10-15(16)12(2)20/h6-7,10,12,14,20H,4-5,8-9,11H2,1-3H3/t12-,14?/m1/s1. The van der Waals surface area contributed by atoms with Crippen LogP contribution in [0.15, 0.2) is 18.2 Å². The molecule has 1 N–H and O–H groups in total. The lowest BCUT2D eigenvalue weighted by atomic mass is 10.0. The molecule has 0 radical (unpaired) electrons. The summed E-state index contributed by atoms with van der Waals surface area (Å²) in [4.78, 5) is 4.69. The van der Waals surface area contributed by atoms with Gasteiger partial charge in [-0.15, -0.1) is 0 Å². The Balaban J connectivity index is 2.37. The number of rotatable bonds is 3. The summed E-state index contributed by atoms with van der Waals surface area (Å²) in [5.41, 5.74) is 1.66. The molecule has 1 aromatic rings. The number of aliphatic hydroxyl groups excluding tert-OH is 1. The highest BCUT2D eigenvalue weighted by atomic mass is 19.1. The summed E-state index contributed by atoms with van der Waals surface area (Å²) in [6, 6.07) is 5.17. The van der Waals surface area contributed by atoms with E-state index in [-0.39, 0.29) is 5.82 Å². The van der Waals surface area contributed by atoms with Crippen molar-refractivity contribution in [3.05, 3.63) is 29.6 Å². The second kappa shape index (κ2) is 6.55. The Bertz CT molecular complexity index is 450. The monoisotopic (exact) mass is 280 g/mol. The molecule has 2 atom stereocenters. The summed E-state index contributed by atoms with van der Waals surface area (Å²) >= 11 is 0. The molecule has 1 saturated heterocycles. The van der Waals surface area contributed by atoms with Crippen LogP contribution in [0.4, 0.5) is 10.1 Å². The minimum atomic E-state index is -0.654. The van der Waals surface area contributed by atoms with E-state index in [9.17, 15) is 9.50 Å². The Labute approximate surface area is 121 Å². The number of benzene rings is 1. The van der Waals surface area contributed by atoms with Crippen LogP contribution < -0.4 is 4.90 Å². The molecule has 0 saturated carbocycles. The minimum Gasteiger partial charge on any atom is -0.389 e. The summed E-state index contributed by atoms with van der Waals surface area (Å²) < 4.78 is 13.5. The van der Waals surface area contributed by atoms with E-state index < -0.39 is 6.10 Å². The predicted octanol–water partition coefficient (Wildman–Crippen LogP) is 2.80. The van der Waals surface area contributed by atoms with Gasteiger partial charge in [0.2, 0.25) is 0 Å². The molecule has 1 aliphatic rings. The van der Waals surface area contributed by atoms with Crippen LogP contribution in [0, 0.1) is 5.82 Å². The molecule has 0 spiro atoms. The molecule has 0 aromatic heterocycles.